The second-order valence-electron chi connectivity index (χ2n) is 5.64. The van der Waals surface area contributed by atoms with Gasteiger partial charge in [0.1, 0.15) is 0 Å². The van der Waals surface area contributed by atoms with Crippen LogP contribution in [-0.4, -0.2) is 35.7 Å². The van der Waals surface area contributed by atoms with Gasteiger partial charge >= 0.3 is 0 Å². The highest BCUT2D eigenvalue weighted by Gasteiger charge is 2.25. The fourth-order valence-electron chi connectivity index (χ4n) is 3.16. The van der Waals surface area contributed by atoms with Crippen LogP contribution in [-0.2, 0) is 0 Å². The van der Waals surface area contributed by atoms with E-state index in [9.17, 15) is 5.11 Å². The quantitative estimate of drug-likeness (QED) is 0.885. The Balaban J connectivity index is 1.95. The first kappa shape index (κ1) is 13.4. The van der Waals surface area contributed by atoms with Gasteiger partial charge in [-0.05, 0) is 24.0 Å². The number of benzene rings is 1. The summed E-state index contributed by atoms with van der Waals surface area (Å²) in [5, 5.41) is 13.2. The molecule has 3 rings (SSSR count). The number of β-amino-alcohol motifs (C(OH)–C–C–N with tert-alkyl or cyclic N) is 1. The maximum absolute atomic E-state index is 9.70. The van der Waals surface area contributed by atoms with Gasteiger partial charge in [-0.15, -0.1) is 0 Å². The zero-order valence-electron chi connectivity index (χ0n) is 12.0. The minimum Gasteiger partial charge on any atom is -0.392 e. The predicted molar refractivity (Wildman–Crippen MR) is 82.9 cm³/mol. The average Bonchev–Trinajstić information content (AvgIpc) is 2.87. The molecule has 0 aromatic heterocycles. The molecule has 106 valence electrons. The molecular formula is C17H22N2O. The normalized spacial score (nSPS) is 22.9. The number of nitrogens with zero attached hydrogens (tertiary/aromatic N) is 1. The number of aliphatic hydroxyl groups is 1. The molecule has 2 aliphatic rings. The summed E-state index contributed by atoms with van der Waals surface area (Å²) in [6.07, 6.45) is 1.69. The molecule has 0 spiro atoms. The summed E-state index contributed by atoms with van der Waals surface area (Å²) in [6, 6.07) is 8.44. The van der Waals surface area contributed by atoms with Crippen molar-refractivity contribution in [1.29, 1.82) is 0 Å². The Kier molecular flexibility index (Phi) is 3.64. The van der Waals surface area contributed by atoms with Crippen LogP contribution in [0.15, 0.2) is 36.5 Å². The maximum Gasteiger partial charge on any atom is 0.0679 e. The summed E-state index contributed by atoms with van der Waals surface area (Å²) in [4.78, 5) is 2.34. The molecule has 3 nitrogen and oxygen atoms in total. The van der Waals surface area contributed by atoms with Crippen molar-refractivity contribution in [2.75, 3.05) is 19.6 Å². The fourth-order valence-corrected chi connectivity index (χ4v) is 3.16. The Morgan fingerprint density at radius 3 is 2.75 bits per heavy atom. The largest absolute Gasteiger partial charge is 0.392 e. The molecule has 3 heteroatoms. The Morgan fingerprint density at radius 1 is 1.35 bits per heavy atom. The van der Waals surface area contributed by atoms with Gasteiger partial charge in [0, 0.05) is 36.6 Å². The van der Waals surface area contributed by atoms with Crippen LogP contribution in [0.2, 0.25) is 0 Å². The van der Waals surface area contributed by atoms with E-state index < -0.39 is 0 Å². The van der Waals surface area contributed by atoms with Crippen LogP contribution in [0.3, 0.4) is 0 Å². The van der Waals surface area contributed by atoms with E-state index in [1.165, 1.54) is 22.4 Å². The molecule has 1 aromatic carbocycles. The molecule has 1 fully saturated rings. The first-order valence-electron chi connectivity index (χ1n) is 7.37. The van der Waals surface area contributed by atoms with Crippen molar-refractivity contribution < 1.29 is 5.11 Å². The average molecular weight is 270 g/mol. The molecule has 0 bridgehead atoms. The summed E-state index contributed by atoms with van der Waals surface area (Å²) in [5.74, 6) is 0. The van der Waals surface area contributed by atoms with Gasteiger partial charge in [-0.3, -0.25) is 4.90 Å². The lowest BCUT2D eigenvalue weighted by molar-refractivity contribution is 0.180. The van der Waals surface area contributed by atoms with E-state index in [1.54, 1.807) is 0 Å². The third kappa shape index (κ3) is 2.39. The zero-order valence-corrected chi connectivity index (χ0v) is 12.0. The standard InChI is InChI=1S/C17H22N2O/c1-3-17-16(11-19-9-8-13(20)10-19)15-7-5-4-6-14(15)12(2)18-17/h4-7,13,18,20H,2-3,8-11H2,1H3/t13-/m0/s1. The maximum atomic E-state index is 9.70. The van der Waals surface area contributed by atoms with Crippen molar-refractivity contribution >= 4 is 11.3 Å². The molecule has 1 aromatic rings. The molecule has 0 unspecified atom stereocenters. The van der Waals surface area contributed by atoms with E-state index in [2.05, 4.69) is 48.0 Å². The minimum absolute atomic E-state index is 0.164. The second kappa shape index (κ2) is 5.43. The summed E-state index contributed by atoms with van der Waals surface area (Å²) >= 11 is 0. The van der Waals surface area contributed by atoms with Crippen molar-refractivity contribution in [1.82, 2.24) is 10.2 Å². The highest BCUT2D eigenvalue weighted by molar-refractivity contribution is 5.85. The monoisotopic (exact) mass is 270 g/mol. The molecule has 20 heavy (non-hydrogen) atoms. The zero-order chi connectivity index (χ0) is 14.1. The first-order valence-corrected chi connectivity index (χ1v) is 7.37. The van der Waals surface area contributed by atoms with Crippen molar-refractivity contribution in [2.24, 2.45) is 0 Å². The van der Waals surface area contributed by atoms with Crippen LogP contribution < -0.4 is 5.32 Å². The molecule has 0 amide bonds. The van der Waals surface area contributed by atoms with Gasteiger partial charge in [0.25, 0.3) is 0 Å². The minimum atomic E-state index is -0.164. The molecule has 2 heterocycles. The topological polar surface area (TPSA) is 35.5 Å². The number of hydrogen-bond donors (Lipinski definition) is 2. The smallest absolute Gasteiger partial charge is 0.0679 e. The summed E-state index contributed by atoms with van der Waals surface area (Å²) in [5.41, 5.74) is 6.08. The van der Waals surface area contributed by atoms with Crippen molar-refractivity contribution in [2.45, 2.75) is 25.9 Å². The van der Waals surface area contributed by atoms with Crippen molar-refractivity contribution in [3.05, 3.63) is 47.7 Å². The molecule has 0 saturated carbocycles. The second-order valence-corrected chi connectivity index (χ2v) is 5.64. The van der Waals surface area contributed by atoms with Gasteiger partial charge in [-0.1, -0.05) is 37.8 Å². The van der Waals surface area contributed by atoms with E-state index >= 15 is 0 Å². The Bertz CT molecular complexity index is 562. The Morgan fingerprint density at radius 2 is 2.10 bits per heavy atom. The van der Waals surface area contributed by atoms with Crippen molar-refractivity contribution in [3.63, 3.8) is 0 Å². The van der Waals surface area contributed by atoms with Gasteiger partial charge in [-0.25, -0.2) is 0 Å². The van der Waals surface area contributed by atoms with Gasteiger partial charge < -0.3 is 10.4 Å². The van der Waals surface area contributed by atoms with Gasteiger partial charge in [-0.2, -0.15) is 0 Å². The first-order chi connectivity index (χ1) is 9.69. The van der Waals surface area contributed by atoms with E-state index in [-0.39, 0.29) is 6.10 Å². The van der Waals surface area contributed by atoms with Gasteiger partial charge in [0.2, 0.25) is 0 Å². The molecule has 0 aliphatic carbocycles. The third-order valence-electron chi connectivity index (χ3n) is 4.23. The van der Waals surface area contributed by atoms with Crippen LogP contribution in [0.1, 0.15) is 30.9 Å². The lowest BCUT2D eigenvalue weighted by atomic mass is 9.91. The van der Waals surface area contributed by atoms with Crippen LogP contribution in [0, 0.1) is 0 Å². The van der Waals surface area contributed by atoms with E-state index in [0.29, 0.717) is 0 Å². The number of nitrogens with one attached hydrogen (secondary N) is 1. The van der Waals surface area contributed by atoms with E-state index in [0.717, 1.165) is 38.2 Å². The van der Waals surface area contributed by atoms with Crippen molar-refractivity contribution in [3.8, 4) is 0 Å². The summed E-state index contributed by atoms with van der Waals surface area (Å²) < 4.78 is 0. The van der Waals surface area contributed by atoms with Crippen LogP contribution in [0.25, 0.3) is 11.3 Å². The van der Waals surface area contributed by atoms with Crippen LogP contribution in [0.4, 0.5) is 0 Å². The number of likely N-dealkylation sites (tertiary alicyclic amines) is 1. The van der Waals surface area contributed by atoms with Crippen LogP contribution in [0.5, 0.6) is 0 Å². The molecule has 0 radical (unpaired) electrons. The Labute approximate surface area is 120 Å². The summed E-state index contributed by atoms with van der Waals surface area (Å²) in [6.45, 7) is 8.96. The molecule has 1 atom stereocenters. The fraction of sp³-hybridized carbons (Fsp3) is 0.412. The number of hydrogen-bond acceptors (Lipinski definition) is 3. The molecule has 2 aliphatic heterocycles. The highest BCUT2D eigenvalue weighted by Crippen LogP contribution is 2.33. The molecule has 2 N–H and O–H groups in total. The lowest BCUT2D eigenvalue weighted by Gasteiger charge is -2.29. The van der Waals surface area contributed by atoms with Crippen LogP contribution >= 0.6 is 0 Å². The van der Waals surface area contributed by atoms with E-state index in [4.69, 9.17) is 0 Å². The molecular weight excluding hydrogens is 248 g/mol. The number of aliphatic hydroxyl groups excluding tert-OH is 1. The summed E-state index contributed by atoms with van der Waals surface area (Å²) in [7, 11) is 0. The number of fused-ring (bicyclic) bond motifs is 1. The highest BCUT2D eigenvalue weighted by atomic mass is 16.3. The van der Waals surface area contributed by atoms with Gasteiger partial charge in [0.05, 0.1) is 6.10 Å². The molecule has 1 saturated heterocycles. The van der Waals surface area contributed by atoms with E-state index in [1.807, 2.05) is 0 Å². The van der Waals surface area contributed by atoms with Gasteiger partial charge in [0.15, 0.2) is 0 Å². The third-order valence-corrected chi connectivity index (χ3v) is 4.23. The SMILES string of the molecule is C=C1NC(CC)=C(CN2CC[C@H](O)C2)c2ccccc21. The predicted octanol–water partition coefficient (Wildman–Crippen LogP) is 2.45. The number of rotatable bonds is 3. The Hall–Kier alpha value is -1.58. The number of allylic oxidation sites excluding steroid dienone is 1. The lowest BCUT2D eigenvalue weighted by Crippen LogP contribution is -2.28.